The topological polar surface area (TPSA) is 40.9 Å². The lowest BCUT2D eigenvalue weighted by molar-refractivity contribution is 0.112. The van der Waals surface area contributed by atoms with Crippen molar-refractivity contribution in [2.45, 2.75) is 0 Å². The van der Waals surface area contributed by atoms with Crippen molar-refractivity contribution >= 4 is 50.3 Å². The van der Waals surface area contributed by atoms with Gasteiger partial charge in [-0.05, 0) is 34.7 Å². The highest BCUT2D eigenvalue weighted by atomic mass is 127. The molecule has 0 radical (unpaired) electrons. The zero-order valence-corrected chi connectivity index (χ0v) is 9.93. The highest BCUT2D eigenvalue weighted by Gasteiger charge is 2.08. The van der Waals surface area contributed by atoms with E-state index in [-0.39, 0.29) is 0 Å². The number of benzene rings is 1. The van der Waals surface area contributed by atoms with Gasteiger partial charge in [0.05, 0.1) is 5.56 Å². The van der Waals surface area contributed by atoms with Gasteiger partial charge in [-0.25, -0.2) is 0 Å². The van der Waals surface area contributed by atoms with Gasteiger partial charge in [-0.1, -0.05) is 0 Å². The second-order valence-electron chi connectivity index (χ2n) is 2.75. The molecule has 0 aliphatic rings. The molecule has 2 nitrogen and oxygen atoms in total. The lowest BCUT2D eigenvalue weighted by Crippen LogP contribution is -1.83. The van der Waals surface area contributed by atoms with Gasteiger partial charge in [0.1, 0.15) is 12.4 Å². The van der Waals surface area contributed by atoms with Gasteiger partial charge in [0.2, 0.25) is 0 Å². The Labute approximate surface area is 98.3 Å². The summed E-state index contributed by atoms with van der Waals surface area (Å²) in [5, 5.41) is 11.6. The minimum atomic E-state index is 0.660. The van der Waals surface area contributed by atoms with Crippen molar-refractivity contribution in [3.63, 3.8) is 0 Å². The number of aldehydes is 1. The summed E-state index contributed by atoms with van der Waals surface area (Å²) in [7, 11) is 0. The van der Waals surface area contributed by atoms with Crippen LogP contribution in [0, 0.1) is 14.9 Å². The maximum atomic E-state index is 10.6. The Bertz CT molecular complexity index is 553. The molecule has 1 aromatic carbocycles. The second kappa shape index (κ2) is 3.67. The molecule has 1 heterocycles. The number of carbonyl (C=O) groups is 1. The molecule has 2 aromatic rings. The van der Waals surface area contributed by atoms with Crippen LogP contribution < -0.4 is 0 Å². The van der Waals surface area contributed by atoms with Crippen molar-refractivity contribution in [2.24, 2.45) is 0 Å². The fraction of sp³-hybridized carbons (Fsp3) is 0. The smallest absolute Gasteiger partial charge is 0.150 e. The lowest BCUT2D eigenvalue weighted by Gasteiger charge is -1.96. The van der Waals surface area contributed by atoms with Crippen LogP contribution in [0.2, 0.25) is 0 Å². The van der Waals surface area contributed by atoms with Crippen molar-refractivity contribution < 1.29 is 4.79 Å². The third-order valence-electron chi connectivity index (χ3n) is 1.91. The molecule has 68 valence electrons. The van der Waals surface area contributed by atoms with E-state index < -0.39 is 0 Å². The molecule has 0 bridgehead atoms. The Balaban J connectivity index is 2.87. The highest BCUT2D eigenvalue weighted by molar-refractivity contribution is 14.1. The average Bonchev–Trinajstić information content (AvgIpc) is 2.61. The first-order valence-corrected chi connectivity index (χ1v) is 5.78. The van der Waals surface area contributed by atoms with Crippen LogP contribution in [0.5, 0.6) is 0 Å². The largest absolute Gasteiger partial charge is 0.298 e. The van der Waals surface area contributed by atoms with Gasteiger partial charge >= 0.3 is 0 Å². The van der Waals surface area contributed by atoms with Gasteiger partial charge in [0.15, 0.2) is 0 Å². The van der Waals surface area contributed by atoms with E-state index in [0.717, 1.165) is 19.9 Å². The molecular formula is C10H4INOS. The van der Waals surface area contributed by atoms with Crippen LogP contribution in [0.1, 0.15) is 15.9 Å². The van der Waals surface area contributed by atoms with Gasteiger partial charge in [-0.3, -0.25) is 4.79 Å². The van der Waals surface area contributed by atoms with Crippen molar-refractivity contribution in [2.75, 3.05) is 0 Å². The van der Waals surface area contributed by atoms with Crippen LogP contribution in [0.15, 0.2) is 17.5 Å². The average molecular weight is 313 g/mol. The van der Waals surface area contributed by atoms with E-state index in [9.17, 15) is 4.79 Å². The summed E-state index contributed by atoms with van der Waals surface area (Å²) in [6, 6.07) is 5.76. The number of thiophene rings is 1. The molecule has 1 aromatic heterocycles. The molecule has 0 atom stereocenters. The number of carbonyl (C=O) groups excluding carboxylic acids is 1. The zero-order chi connectivity index (χ0) is 10.1. The first kappa shape index (κ1) is 9.62. The highest BCUT2D eigenvalue weighted by Crippen LogP contribution is 2.30. The maximum Gasteiger partial charge on any atom is 0.150 e. The summed E-state index contributed by atoms with van der Waals surface area (Å²) in [5.74, 6) is 0. The Morgan fingerprint density at radius 3 is 2.93 bits per heavy atom. The molecule has 0 aliphatic heterocycles. The van der Waals surface area contributed by atoms with Crippen molar-refractivity contribution in [1.29, 1.82) is 5.26 Å². The monoisotopic (exact) mass is 313 g/mol. The molecule has 0 spiro atoms. The maximum absolute atomic E-state index is 10.6. The fourth-order valence-electron chi connectivity index (χ4n) is 1.29. The van der Waals surface area contributed by atoms with Gasteiger partial charge in [-0.2, -0.15) is 5.26 Å². The summed E-state index contributed by atoms with van der Waals surface area (Å²) < 4.78 is 1.95. The van der Waals surface area contributed by atoms with E-state index in [4.69, 9.17) is 5.26 Å². The van der Waals surface area contributed by atoms with Crippen LogP contribution in [-0.2, 0) is 0 Å². The minimum absolute atomic E-state index is 0.660. The molecule has 0 amide bonds. The van der Waals surface area contributed by atoms with E-state index >= 15 is 0 Å². The third-order valence-corrected chi connectivity index (χ3v) is 3.69. The summed E-state index contributed by atoms with van der Waals surface area (Å²) >= 11 is 3.65. The Morgan fingerprint density at radius 1 is 1.50 bits per heavy atom. The van der Waals surface area contributed by atoms with Crippen molar-refractivity contribution in [3.05, 3.63) is 32.2 Å². The summed E-state index contributed by atoms with van der Waals surface area (Å²) in [5.41, 5.74) is 1.35. The fourth-order valence-corrected chi connectivity index (χ4v) is 3.37. The number of rotatable bonds is 1. The predicted octanol–water partition coefficient (Wildman–Crippen LogP) is 3.19. The minimum Gasteiger partial charge on any atom is -0.298 e. The number of halogens is 1. The molecule has 0 fully saturated rings. The third kappa shape index (κ3) is 1.42. The molecule has 0 unspecified atom stereocenters. The summed E-state index contributed by atoms with van der Waals surface area (Å²) in [6.07, 6.45) is 0.827. The lowest BCUT2D eigenvalue weighted by atomic mass is 10.1. The van der Waals surface area contributed by atoms with Gasteiger partial charge in [0.25, 0.3) is 0 Å². The number of nitriles is 1. The summed E-state index contributed by atoms with van der Waals surface area (Å²) in [6.45, 7) is 0. The van der Waals surface area contributed by atoms with Crippen LogP contribution in [0.25, 0.3) is 10.1 Å². The number of hydrogen-bond donors (Lipinski definition) is 0. The normalized spacial score (nSPS) is 10.0. The SMILES string of the molecule is N#Cc1csc2cc(C=O)cc(I)c12. The van der Waals surface area contributed by atoms with Crippen LogP contribution in [-0.4, -0.2) is 6.29 Å². The van der Waals surface area contributed by atoms with Crippen molar-refractivity contribution in [1.82, 2.24) is 0 Å². The molecule has 0 N–H and O–H groups in total. The molecule has 14 heavy (non-hydrogen) atoms. The second-order valence-corrected chi connectivity index (χ2v) is 4.83. The number of nitrogens with zero attached hydrogens (tertiary/aromatic N) is 1. The summed E-state index contributed by atoms with van der Waals surface area (Å²) in [4.78, 5) is 10.6. The zero-order valence-electron chi connectivity index (χ0n) is 6.95. The Morgan fingerprint density at radius 2 is 2.29 bits per heavy atom. The van der Waals surface area contributed by atoms with Gasteiger partial charge in [-0.15, -0.1) is 11.3 Å². The van der Waals surface area contributed by atoms with Gasteiger partial charge < -0.3 is 0 Å². The molecule has 0 saturated heterocycles. The molecule has 2 rings (SSSR count). The van der Waals surface area contributed by atoms with Crippen molar-refractivity contribution in [3.8, 4) is 6.07 Å². The number of fused-ring (bicyclic) bond motifs is 1. The van der Waals surface area contributed by atoms with E-state index in [1.54, 1.807) is 6.07 Å². The van der Waals surface area contributed by atoms with Gasteiger partial charge in [0, 0.05) is 24.6 Å². The van der Waals surface area contributed by atoms with Crippen LogP contribution in [0.4, 0.5) is 0 Å². The standard InChI is InChI=1S/C10H4INOS/c11-8-1-6(4-13)2-9-10(8)7(3-12)5-14-9/h1-2,4-5H. The molecule has 4 heteroatoms. The first-order chi connectivity index (χ1) is 6.76. The van der Waals surface area contributed by atoms with Crippen LogP contribution in [0.3, 0.4) is 0 Å². The molecular weight excluding hydrogens is 309 g/mol. The first-order valence-electron chi connectivity index (χ1n) is 3.82. The van der Waals surface area contributed by atoms with E-state index in [2.05, 4.69) is 28.7 Å². The molecule has 0 saturated carbocycles. The quantitative estimate of drug-likeness (QED) is 0.599. The van der Waals surface area contributed by atoms with E-state index in [1.165, 1.54) is 11.3 Å². The Hall–Kier alpha value is -0.930. The van der Waals surface area contributed by atoms with E-state index in [1.807, 2.05) is 11.4 Å². The number of hydrogen-bond acceptors (Lipinski definition) is 3. The van der Waals surface area contributed by atoms with E-state index in [0.29, 0.717) is 11.1 Å². The Kier molecular flexibility index (Phi) is 2.52. The van der Waals surface area contributed by atoms with Crippen LogP contribution >= 0.6 is 33.9 Å². The molecule has 0 aliphatic carbocycles. The predicted molar refractivity (Wildman–Crippen MR) is 64.6 cm³/mol.